The summed E-state index contributed by atoms with van der Waals surface area (Å²) in [6, 6.07) is 14.9. The summed E-state index contributed by atoms with van der Waals surface area (Å²) in [6.45, 7) is 2.25. The van der Waals surface area contributed by atoms with E-state index in [4.69, 9.17) is 32.7 Å². The van der Waals surface area contributed by atoms with E-state index in [1.165, 1.54) is 0 Å². The van der Waals surface area contributed by atoms with E-state index in [1.54, 1.807) is 31.3 Å². The molecule has 6 nitrogen and oxygen atoms in total. The number of β-amino-alcohol motifs (C(OH)–C–C–N with tert-alkyl or cyclic N) is 1. The molecule has 2 aromatic carbocycles. The molecule has 1 heterocycles. The lowest BCUT2D eigenvalue weighted by Crippen LogP contribution is -2.46. The van der Waals surface area contributed by atoms with Gasteiger partial charge in [0.05, 0.1) is 35.2 Å². The van der Waals surface area contributed by atoms with Crippen molar-refractivity contribution in [1.29, 1.82) is 0 Å². The van der Waals surface area contributed by atoms with E-state index in [-0.39, 0.29) is 31.0 Å². The Morgan fingerprint density at radius 2 is 1.88 bits per heavy atom. The number of carbonyl (C=O) groups excluding carboxylic acids is 1. The average Bonchev–Trinajstić information content (AvgIpc) is 3.21. The third-order valence-electron chi connectivity index (χ3n) is 5.77. The Morgan fingerprint density at radius 1 is 1.16 bits per heavy atom. The number of methoxy groups -OCH3 is 2. The zero-order valence-electron chi connectivity index (χ0n) is 18.4. The van der Waals surface area contributed by atoms with E-state index in [2.05, 4.69) is 4.90 Å². The number of aliphatic hydroxyl groups excluding tert-OH is 1. The van der Waals surface area contributed by atoms with Crippen LogP contribution in [0.1, 0.15) is 23.6 Å². The molecule has 1 N–H and O–H groups in total. The topological polar surface area (TPSA) is 62.2 Å². The third-order valence-corrected chi connectivity index (χ3v) is 6.51. The first-order chi connectivity index (χ1) is 15.4. The van der Waals surface area contributed by atoms with Gasteiger partial charge in [-0.25, -0.2) is 0 Å². The van der Waals surface area contributed by atoms with Crippen LogP contribution in [-0.4, -0.2) is 73.6 Å². The van der Waals surface area contributed by atoms with E-state index >= 15 is 0 Å². The minimum absolute atomic E-state index is 0.0731. The molecule has 174 valence electrons. The Kier molecular flexibility index (Phi) is 9.34. The molecule has 8 heteroatoms. The Hall–Kier alpha value is -1.67. The van der Waals surface area contributed by atoms with Crippen molar-refractivity contribution in [1.82, 2.24) is 9.80 Å². The van der Waals surface area contributed by atoms with Crippen LogP contribution in [0.2, 0.25) is 10.0 Å². The molecule has 0 saturated carbocycles. The summed E-state index contributed by atoms with van der Waals surface area (Å²) in [4.78, 5) is 17.6. The number of benzene rings is 2. The van der Waals surface area contributed by atoms with Gasteiger partial charge in [0.15, 0.2) is 6.29 Å². The highest BCUT2D eigenvalue weighted by atomic mass is 35.5. The van der Waals surface area contributed by atoms with E-state index in [0.717, 1.165) is 24.1 Å². The van der Waals surface area contributed by atoms with Crippen LogP contribution in [0.5, 0.6) is 0 Å². The molecule has 0 bridgehead atoms. The number of nitrogens with zero attached hydrogens (tertiary/aromatic N) is 2. The number of rotatable bonds is 10. The zero-order chi connectivity index (χ0) is 23.1. The highest BCUT2D eigenvalue weighted by molar-refractivity contribution is 6.42. The highest BCUT2D eigenvalue weighted by Gasteiger charge is 2.31. The minimum Gasteiger partial charge on any atom is -0.392 e. The van der Waals surface area contributed by atoms with Crippen LogP contribution in [0.15, 0.2) is 48.5 Å². The summed E-state index contributed by atoms with van der Waals surface area (Å²) >= 11 is 12.2. The van der Waals surface area contributed by atoms with Crippen molar-refractivity contribution in [2.24, 2.45) is 0 Å². The standard InChI is InChI=1S/C24H30Cl2N2O4/c1-31-24(32-2)16-28(23(30)13-17-8-9-20(25)21(26)12-17)22(18-6-4-3-5-7-18)15-27-11-10-19(29)14-27/h3-9,12,19,22,24,29H,10-11,13-16H2,1-2H3. The van der Waals surface area contributed by atoms with E-state index < -0.39 is 6.29 Å². The van der Waals surface area contributed by atoms with Gasteiger partial charge in [0.25, 0.3) is 0 Å². The zero-order valence-corrected chi connectivity index (χ0v) is 19.9. The first kappa shape index (κ1) is 25.0. The number of carbonyl (C=O) groups is 1. The second-order valence-electron chi connectivity index (χ2n) is 8.00. The number of likely N-dealkylation sites (tertiary alicyclic amines) is 1. The summed E-state index contributed by atoms with van der Waals surface area (Å²) < 4.78 is 10.9. The Morgan fingerprint density at radius 3 is 2.47 bits per heavy atom. The molecule has 32 heavy (non-hydrogen) atoms. The average molecular weight is 481 g/mol. The van der Waals surface area contributed by atoms with Crippen molar-refractivity contribution in [3.05, 3.63) is 69.7 Å². The molecule has 2 atom stereocenters. The van der Waals surface area contributed by atoms with Gasteiger partial charge in [-0.1, -0.05) is 59.6 Å². The van der Waals surface area contributed by atoms with Crippen molar-refractivity contribution < 1.29 is 19.4 Å². The lowest BCUT2D eigenvalue weighted by atomic mass is 10.0. The van der Waals surface area contributed by atoms with Crippen molar-refractivity contribution >= 4 is 29.1 Å². The molecule has 2 unspecified atom stereocenters. The maximum Gasteiger partial charge on any atom is 0.227 e. The molecule has 1 aliphatic rings. The Balaban J connectivity index is 1.91. The van der Waals surface area contributed by atoms with Crippen LogP contribution in [-0.2, 0) is 20.7 Å². The third kappa shape index (κ3) is 6.67. The van der Waals surface area contributed by atoms with Gasteiger partial charge in [-0.15, -0.1) is 0 Å². The van der Waals surface area contributed by atoms with Gasteiger partial charge < -0.3 is 19.5 Å². The molecule has 0 aliphatic carbocycles. The predicted molar refractivity (Wildman–Crippen MR) is 126 cm³/mol. The second kappa shape index (κ2) is 12.0. The molecule has 1 fully saturated rings. The van der Waals surface area contributed by atoms with Gasteiger partial charge in [-0.2, -0.15) is 0 Å². The number of halogens is 2. The normalized spacial score (nSPS) is 17.6. The number of ether oxygens (including phenoxy) is 2. The lowest BCUT2D eigenvalue weighted by Gasteiger charge is -2.36. The fourth-order valence-electron chi connectivity index (χ4n) is 4.02. The van der Waals surface area contributed by atoms with Crippen molar-refractivity contribution in [3.8, 4) is 0 Å². The molecular formula is C24H30Cl2N2O4. The molecular weight excluding hydrogens is 451 g/mol. The summed E-state index contributed by atoms with van der Waals surface area (Å²) in [7, 11) is 3.12. The van der Waals surface area contributed by atoms with Gasteiger partial charge in [-0.3, -0.25) is 9.69 Å². The smallest absolute Gasteiger partial charge is 0.227 e. The molecule has 0 aromatic heterocycles. The maximum atomic E-state index is 13.6. The number of hydrogen-bond donors (Lipinski definition) is 1. The molecule has 3 rings (SSSR count). The molecule has 1 aliphatic heterocycles. The van der Waals surface area contributed by atoms with Gasteiger partial charge in [0.1, 0.15) is 0 Å². The van der Waals surface area contributed by atoms with Gasteiger partial charge in [0, 0.05) is 33.9 Å². The van der Waals surface area contributed by atoms with Crippen LogP contribution in [0.25, 0.3) is 0 Å². The highest BCUT2D eigenvalue weighted by Crippen LogP contribution is 2.27. The number of hydrogen-bond acceptors (Lipinski definition) is 5. The van der Waals surface area contributed by atoms with Crippen molar-refractivity contribution in [2.45, 2.75) is 31.3 Å². The first-order valence-corrected chi connectivity index (χ1v) is 11.4. The van der Waals surface area contributed by atoms with Gasteiger partial charge in [0.2, 0.25) is 5.91 Å². The fourth-order valence-corrected chi connectivity index (χ4v) is 4.34. The van der Waals surface area contributed by atoms with Crippen LogP contribution < -0.4 is 0 Å². The second-order valence-corrected chi connectivity index (χ2v) is 8.82. The SMILES string of the molecule is COC(CN(C(=O)Cc1ccc(Cl)c(Cl)c1)C(CN1CCC(O)C1)c1ccccc1)OC. The van der Waals surface area contributed by atoms with Crippen LogP contribution in [0, 0.1) is 0 Å². The summed E-state index contributed by atoms with van der Waals surface area (Å²) in [5, 5.41) is 10.9. The van der Waals surface area contributed by atoms with Crippen molar-refractivity contribution in [3.63, 3.8) is 0 Å². The molecule has 0 spiro atoms. The maximum absolute atomic E-state index is 13.6. The van der Waals surface area contributed by atoms with E-state index in [9.17, 15) is 9.90 Å². The van der Waals surface area contributed by atoms with Crippen LogP contribution in [0.3, 0.4) is 0 Å². The predicted octanol–water partition coefficient (Wildman–Crippen LogP) is 3.79. The molecule has 1 amide bonds. The van der Waals surface area contributed by atoms with E-state index in [1.807, 2.05) is 36.4 Å². The molecule has 0 radical (unpaired) electrons. The van der Waals surface area contributed by atoms with Gasteiger partial charge in [-0.05, 0) is 29.7 Å². The van der Waals surface area contributed by atoms with Crippen LogP contribution >= 0.6 is 23.2 Å². The number of aliphatic hydroxyl groups is 1. The van der Waals surface area contributed by atoms with Crippen LogP contribution in [0.4, 0.5) is 0 Å². The first-order valence-electron chi connectivity index (χ1n) is 10.7. The lowest BCUT2D eigenvalue weighted by molar-refractivity contribution is -0.149. The summed E-state index contributed by atoms with van der Waals surface area (Å²) in [5.41, 5.74) is 1.80. The van der Waals surface area contributed by atoms with Gasteiger partial charge >= 0.3 is 0 Å². The fraction of sp³-hybridized carbons (Fsp3) is 0.458. The summed E-state index contributed by atoms with van der Waals surface area (Å²) in [6.07, 6.45) is 0.00106. The largest absolute Gasteiger partial charge is 0.392 e. The molecule has 1 saturated heterocycles. The van der Waals surface area contributed by atoms with E-state index in [0.29, 0.717) is 23.1 Å². The Labute approximate surface area is 199 Å². The van der Waals surface area contributed by atoms with Crippen molar-refractivity contribution in [2.75, 3.05) is 40.4 Å². The quantitative estimate of drug-likeness (QED) is 0.524. The Bertz CT molecular complexity index is 880. The molecule has 2 aromatic rings. The summed E-state index contributed by atoms with van der Waals surface area (Å²) in [5.74, 6) is -0.0731. The minimum atomic E-state index is -0.567. The number of amides is 1. The monoisotopic (exact) mass is 480 g/mol.